The molecule has 1 amide bonds. The molecule has 0 radical (unpaired) electrons. The smallest absolute Gasteiger partial charge is 0.263 e. The first-order chi connectivity index (χ1) is 12.4. The second-order valence-electron chi connectivity index (χ2n) is 6.36. The summed E-state index contributed by atoms with van der Waals surface area (Å²) in [6.07, 6.45) is 3.02. The summed E-state index contributed by atoms with van der Waals surface area (Å²) in [7, 11) is -1.84. The molecule has 1 fully saturated rings. The monoisotopic (exact) mass is 395 g/mol. The van der Waals surface area contributed by atoms with Gasteiger partial charge in [-0.3, -0.25) is 9.59 Å². The van der Waals surface area contributed by atoms with Crippen LogP contribution in [0.25, 0.3) is 0 Å². The Balaban J connectivity index is 1.55. The van der Waals surface area contributed by atoms with Crippen molar-refractivity contribution in [3.8, 4) is 0 Å². The van der Waals surface area contributed by atoms with E-state index in [-0.39, 0.29) is 22.9 Å². The highest BCUT2D eigenvalue weighted by Gasteiger charge is 2.26. The molecule has 0 atom stereocenters. The van der Waals surface area contributed by atoms with Gasteiger partial charge in [-0.05, 0) is 42.3 Å². The van der Waals surface area contributed by atoms with E-state index in [1.165, 1.54) is 15.9 Å². The average molecular weight is 396 g/mol. The predicted molar refractivity (Wildman–Crippen MR) is 99.8 cm³/mol. The number of nitrogens with one attached hydrogen (secondary N) is 1. The SMILES string of the molecule is Cn1cccc(C(=O)N2CCC(CNS(=O)(=O)c3cccs3)CC2)c1=O. The number of nitrogens with zero attached hydrogens (tertiary/aromatic N) is 2. The first kappa shape index (κ1) is 18.8. The number of hydrogen-bond acceptors (Lipinski definition) is 5. The van der Waals surface area contributed by atoms with E-state index in [0.717, 1.165) is 0 Å². The van der Waals surface area contributed by atoms with E-state index in [0.29, 0.717) is 36.7 Å². The number of hydrogen-bond donors (Lipinski definition) is 1. The second kappa shape index (κ2) is 7.73. The summed E-state index contributed by atoms with van der Waals surface area (Å²) in [5.41, 5.74) is -0.129. The van der Waals surface area contributed by atoms with Crippen molar-refractivity contribution in [3.63, 3.8) is 0 Å². The number of carbonyl (C=O) groups excluding carboxylic acids is 1. The zero-order valence-electron chi connectivity index (χ0n) is 14.4. The van der Waals surface area contributed by atoms with Crippen LogP contribution < -0.4 is 10.3 Å². The molecule has 0 aromatic carbocycles. The fourth-order valence-corrected chi connectivity index (χ4v) is 5.14. The Morgan fingerprint density at radius 2 is 2.00 bits per heavy atom. The number of likely N-dealkylation sites (tertiary alicyclic amines) is 1. The van der Waals surface area contributed by atoms with Gasteiger partial charge in [-0.1, -0.05) is 6.07 Å². The molecule has 0 spiro atoms. The maximum atomic E-state index is 12.6. The molecule has 7 nitrogen and oxygen atoms in total. The van der Waals surface area contributed by atoms with Crippen LogP contribution in [-0.2, 0) is 17.1 Å². The predicted octanol–water partition coefficient (Wildman–Crippen LogP) is 1.28. The third-order valence-electron chi connectivity index (χ3n) is 4.58. The van der Waals surface area contributed by atoms with Crippen molar-refractivity contribution < 1.29 is 13.2 Å². The van der Waals surface area contributed by atoms with Gasteiger partial charge in [-0.15, -0.1) is 11.3 Å². The van der Waals surface area contributed by atoms with Crippen LogP contribution in [0.5, 0.6) is 0 Å². The van der Waals surface area contributed by atoms with E-state index in [1.54, 1.807) is 47.8 Å². The van der Waals surface area contributed by atoms with Gasteiger partial charge < -0.3 is 9.47 Å². The minimum atomic E-state index is -3.46. The summed E-state index contributed by atoms with van der Waals surface area (Å²) in [5.74, 6) is -0.0868. The van der Waals surface area contributed by atoms with Crippen molar-refractivity contribution in [2.24, 2.45) is 13.0 Å². The van der Waals surface area contributed by atoms with Gasteiger partial charge in [-0.25, -0.2) is 13.1 Å². The van der Waals surface area contributed by atoms with Gasteiger partial charge in [0.1, 0.15) is 9.77 Å². The first-order valence-electron chi connectivity index (χ1n) is 8.36. The summed E-state index contributed by atoms with van der Waals surface area (Å²) < 4.78 is 28.7. The lowest BCUT2D eigenvalue weighted by atomic mass is 9.97. The van der Waals surface area contributed by atoms with Crippen molar-refractivity contribution in [2.45, 2.75) is 17.1 Å². The minimum absolute atomic E-state index is 0.173. The third-order valence-corrected chi connectivity index (χ3v) is 7.40. The molecule has 0 bridgehead atoms. The molecule has 2 aromatic heterocycles. The van der Waals surface area contributed by atoms with Crippen LogP contribution in [0.4, 0.5) is 0 Å². The fraction of sp³-hybridized carbons (Fsp3) is 0.412. The molecule has 0 unspecified atom stereocenters. The topological polar surface area (TPSA) is 88.5 Å². The van der Waals surface area contributed by atoms with Crippen molar-refractivity contribution in [3.05, 3.63) is 51.8 Å². The number of piperidine rings is 1. The Morgan fingerprint density at radius 3 is 2.65 bits per heavy atom. The molecular weight excluding hydrogens is 374 g/mol. The van der Waals surface area contributed by atoms with Gasteiger partial charge in [0.25, 0.3) is 11.5 Å². The van der Waals surface area contributed by atoms with E-state index >= 15 is 0 Å². The van der Waals surface area contributed by atoms with Crippen LogP contribution in [0, 0.1) is 5.92 Å². The number of amides is 1. The number of carbonyl (C=O) groups is 1. The number of aryl methyl sites for hydroxylation is 1. The quantitative estimate of drug-likeness (QED) is 0.826. The summed E-state index contributed by atoms with van der Waals surface area (Å²) in [6, 6.07) is 6.51. The summed E-state index contributed by atoms with van der Waals surface area (Å²) in [4.78, 5) is 26.3. The number of sulfonamides is 1. The van der Waals surface area contributed by atoms with Crippen LogP contribution in [-0.4, -0.2) is 43.4 Å². The van der Waals surface area contributed by atoms with Crippen LogP contribution in [0.3, 0.4) is 0 Å². The number of aromatic nitrogens is 1. The highest BCUT2D eigenvalue weighted by Crippen LogP contribution is 2.20. The molecular formula is C17H21N3O4S2. The summed E-state index contributed by atoms with van der Waals surface area (Å²) in [6.45, 7) is 1.39. The van der Waals surface area contributed by atoms with Crippen LogP contribution >= 0.6 is 11.3 Å². The maximum absolute atomic E-state index is 12.6. The molecule has 0 aliphatic carbocycles. The Morgan fingerprint density at radius 1 is 1.27 bits per heavy atom. The minimum Gasteiger partial charge on any atom is -0.338 e. The van der Waals surface area contributed by atoms with Gasteiger partial charge in [-0.2, -0.15) is 0 Å². The zero-order chi connectivity index (χ0) is 18.7. The highest BCUT2D eigenvalue weighted by molar-refractivity contribution is 7.91. The molecule has 0 saturated carbocycles. The standard InChI is InChI=1S/C17H21N3O4S2/c1-19-8-2-4-14(16(19)21)17(22)20-9-6-13(7-10-20)12-18-26(23,24)15-5-3-11-25-15/h2-5,8,11,13,18H,6-7,9-10,12H2,1H3. The fourth-order valence-electron chi connectivity index (χ4n) is 2.99. The van der Waals surface area contributed by atoms with E-state index < -0.39 is 10.0 Å². The second-order valence-corrected chi connectivity index (χ2v) is 9.30. The largest absolute Gasteiger partial charge is 0.338 e. The number of rotatable bonds is 5. The molecule has 2 aromatic rings. The molecule has 1 saturated heterocycles. The Hall–Kier alpha value is -1.97. The van der Waals surface area contributed by atoms with E-state index in [1.807, 2.05) is 0 Å². The first-order valence-corrected chi connectivity index (χ1v) is 10.7. The van der Waals surface area contributed by atoms with Crippen molar-refractivity contribution >= 4 is 27.3 Å². The lowest BCUT2D eigenvalue weighted by Crippen LogP contribution is -2.43. The molecule has 26 heavy (non-hydrogen) atoms. The van der Waals surface area contributed by atoms with Crippen LogP contribution in [0.15, 0.2) is 44.8 Å². The Bertz CT molecular complexity index is 927. The van der Waals surface area contributed by atoms with Crippen LogP contribution in [0.2, 0.25) is 0 Å². The van der Waals surface area contributed by atoms with Crippen molar-refractivity contribution in [1.29, 1.82) is 0 Å². The van der Waals surface area contributed by atoms with Gasteiger partial charge in [0.05, 0.1) is 0 Å². The van der Waals surface area contributed by atoms with Crippen molar-refractivity contribution in [1.82, 2.24) is 14.2 Å². The van der Waals surface area contributed by atoms with E-state index in [9.17, 15) is 18.0 Å². The molecule has 1 N–H and O–H groups in total. The zero-order valence-corrected chi connectivity index (χ0v) is 16.1. The highest BCUT2D eigenvalue weighted by atomic mass is 32.2. The van der Waals surface area contributed by atoms with Crippen molar-refractivity contribution in [2.75, 3.05) is 19.6 Å². The lowest BCUT2D eigenvalue weighted by Gasteiger charge is -2.32. The maximum Gasteiger partial charge on any atom is 0.263 e. The summed E-state index contributed by atoms with van der Waals surface area (Å²) >= 11 is 1.19. The molecule has 1 aliphatic rings. The molecule has 9 heteroatoms. The van der Waals surface area contributed by atoms with E-state index in [4.69, 9.17) is 0 Å². The Kier molecular flexibility index (Phi) is 5.59. The molecule has 140 valence electrons. The van der Waals surface area contributed by atoms with Gasteiger partial charge in [0.2, 0.25) is 10.0 Å². The summed E-state index contributed by atoms with van der Waals surface area (Å²) in [5, 5.41) is 1.73. The lowest BCUT2D eigenvalue weighted by molar-refractivity contribution is 0.0689. The number of pyridine rings is 1. The molecule has 3 rings (SSSR count). The molecule has 3 heterocycles. The third kappa shape index (κ3) is 4.05. The molecule has 1 aliphatic heterocycles. The van der Waals surface area contributed by atoms with E-state index in [2.05, 4.69) is 4.72 Å². The number of thiophene rings is 1. The normalized spacial score (nSPS) is 16.0. The Labute approximate surface area is 156 Å². The van der Waals surface area contributed by atoms with Gasteiger partial charge >= 0.3 is 0 Å². The average Bonchev–Trinajstić information content (AvgIpc) is 3.18. The van der Waals surface area contributed by atoms with Gasteiger partial charge in [0.15, 0.2) is 0 Å². The van der Waals surface area contributed by atoms with Crippen LogP contribution in [0.1, 0.15) is 23.2 Å². The van der Waals surface area contributed by atoms with Gasteiger partial charge in [0, 0.05) is 32.9 Å².